The molecule has 0 aliphatic carbocycles. The number of hydrogen-bond acceptors (Lipinski definition) is 8. The van der Waals surface area contributed by atoms with Crippen molar-refractivity contribution in [2.75, 3.05) is 12.3 Å². The predicted molar refractivity (Wildman–Crippen MR) is 72.1 cm³/mol. The first-order chi connectivity index (χ1) is 9.88. The average Bonchev–Trinajstić information content (AvgIpc) is 2.95. The SMILES string of the molecule is Cc1nc(N)c2ncn([C@]3(C)O[C@H](CO)[C@@H](O)[C@H]3O)c2n1. The van der Waals surface area contributed by atoms with Crippen molar-refractivity contribution < 1.29 is 20.1 Å². The Bertz CT molecular complexity index is 690. The van der Waals surface area contributed by atoms with Gasteiger partial charge in [0.2, 0.25) is 0 Å². The van der Waals surface area contributed by atoms with Gasteiger partial charge in [-0.15, -0.1) is 0 Å². The smallest absolute Gasteiger partial charge is 0.173 e. The van der Waals surface area contributed by atoms with E-state index in [-0.39, 0.29) is 5.82 Å². The van der Waals surface area contributed by atoms with E-state index >= 15 is 0 Å². The van der Waals surface area contributed by atoms with E-state index in [1.807, 2.05) is 0 Å². The number of rotatable bonds is 2. The van der Waals surface area contributed by atoms with Crippen molar-refractivity contribution in [3.05, 3.63) is 12.2 Å². The van der Waals surface area contributed by atoms with Crippen LogP contribution >= 0.6 is 0 Å². The summed E-state index contributed by atoms with van der Waals surface area (Å²) in [7, 11) is 0. The summed E-state index contributed by atoms with van der Waals surface area (Å²) in [6.45, 7) is 2.87. The zero-order valence-corrected chi connectivity index (χ0v) is 11.6. The highest BCUT2D eigenvalue weighted by Crippen LogP contribution is 2.37. The molecule has 1 aliphatic rings. The molecule has 1 saturated heterocycles. The number of nitrogen functional groups attached to an aromatic ring is 1. The van der Waals surface area contributed by atoms with E-state index in [2.05, 4.69) is 15.0 Å². The minimum atomic E-state index is -1.31. The molecule has 0 bridgehead atoms. The van der Waals surface area contributed by atoms with Gasteiger partial charge in [0.15, 0.2) is 17.2 Å². The highest BCUT2D eigenvalue weighted by Gasteiger charge is 2.52. The molecule has 0 unspecified atom stereocenters. The molecule has 3 heterocycles. The van der Waals surface area contributed by atoms with Crippen molar-refractivity contribution in [3.8, 4) is 0 Å². The Labute approximate surface area is 120 Å². The number of aromatic nitrogens is 4. The number of imidazole rings is 1. The topological polar surface area (TPSA) is 140 Å². The molecule has 3 rings (SSSR count). The van der Waals surface area contributed by atoms with Crippen LogP contribution in [0.1, 0.15) is 12.7 Å². The van der Waals surface area contributed by atoms with Crippen LogP contribution in [-0.4, -0.2) is 59.8 Å². The Hall–Kier alpha value is -1.81. The fraction of sp³-hybridized carbons (Fsp3) is 0.583. The molecule has 0 radical (unpaired) electrons. The molecule has 2 aromatic heterocycles. The molecule has 114 valence electrons. The summed E-state index contributed by atoms with van der Waals surface area (Å²) in [5.74, 6) is 0.684. The molecule has 1 aliphatic heterocycles. The minimum absolute atomic E-state index is 0.228. The lowest BCUT2D eigenvalue weighted by molar-refractivity contribution is -0.132. The average molecular weight is 295 g/mol. The highest BCUT2D eigenvalue weighted by molar-refractivity contribution is 5.81. The van der Waals surface area contributed by atoms with Gasteiger partial charge in [0.05, 0.1) is 12.9 Å². The molecular weight excluding hydrogens is 278 g/mol. The molecule has 0 amide bonds. The zero-order valence-electron chi connectivity index (χ0n) is 11.6. The maximum Gasteiger partial charge on any atom is 0.173 e. The minimum Gasteiger partial charge on any atom is -0.394 e. The Balaban J connectivity index is 2.16. The molecule has 0 spiro atoms. The third-order valence-electron chi connectivity index (χ3n) is 3.84. The Morgan fingerprint density at radius 2 is 2.14 bits per heavy atom. The van der Waals surface area contributed by atoms with Crippen LogP contribution in [-0.2, 0) is 10.5 Å². The van der Waals surface area contributed by atoms with Crippen molar-refractivity contribution in [1.82, 2.24) is 19.5 Å². The van der Waals surface area contributed by atoms with E-state index in [4.69, 9.17) is 10.5 Å². The number of aliphatic hydroxyl groups excluding tert-OH is 3. The first-order valence-electron chi connectivity index (χ1n) is 6.51. The van der Waals surface area contributed by atoms with E-state index < -0.39 is 30.6 Å². The molecule has 9 nitrogen and oxygen atoms in total. The van der Waals surface area contributed by atoms with E-state index in [1.54, 1.807) is 13.8 Å². The van der Waals surface area contributed by atoms with Crippen molar-refractivity contribution >= 4 is 17.0 Å². The van der Waals surface area contributed by atoms with Gasteiger partial charge in [0, 0.05) is 0 Å². The number of hydrogen-bond donors (Lipinski definition) is 4. The number of nitrogens with two attached hydrogens (primary N) is 1. The van der Waals surface area contributed by atoms with Crippen LogP contribution in [0.5, 0.6) is 0 Å². The van der Waals surface area contributed by atoms with E-state index in [9.17, 15) is 15.3 Å². The molecule has 21 heavy (non-hydrogen) atoms. The summed E-state index contributed by atoms with van der Waals surface area (Å²) in [5, 5.41) is 29.4. The predicted octanol–water partition coefficient (Wildman–Crippen LogP) is -1.50. The van der Waals surface area contributed by atoms with Gasteiger partial charge in [-0.1, -0.05) is 0 Å². The van der Waals surface area contributed by atoms with Crippen LogP contribution < -0.4 is 5.73 Å². The lowest BCUT2D eigenvalue weighted by Gasteiger charge is -2.29. The molecule has 0 saturated carbocycles. The normalized spacial score (nSPS) is 32.9. The van der Waals surface area contributed by atoms with Crippen LogP contribution in [0, 0.1) is 6.92 Å². The summed E-state index contributed by atoms with van der Waals surface area (Å²) in [4.78, 5) is 12.4. The number of nitrogens with zero attached hydrogens (tertiary/aromatic N) is 4. The van der Waals surface area contributed by atoms with Gasteiger partial charge in [-0.05, 0) is 13.8 Å². The van der Waals surface area contributed by atoms with Gasteiger partial charge < -0.3 is 25.8 Å². The van der Waals surface area contributed by atoms with E-state index in [0.29, 0.717) is 17.0 Å². The number of aliphatic hydroxyl groups is 3. The third-order valence-corrected chi connectivity index (χ3v) is 3.84. The maximum absolute atomic E-state index is 10.3. The van der Waals surface area contributed by atoms with Crippen molar-refractivity contribution in [2.24, 2.45) is 0 Å². The van der Waals surface area contributed by atoms with E-state index in [1.165, 1.54) is 10.9 Å². The standard InChI is InChI=1S/C12H17N5O4/c1-5-15-10(13)7-11(16-5)17(4-14-7)12(2)9(20)8(19)6(3-18)21-12/h4,6,8-9,18-20H,3H2,1-2H3,(H2,13,15,16)/t6-,8-,9-,12-/m1/s1. The van der Waals surface area contributed by atoms with Crippen molar-refractivity contribution in [2.45, 2.75) is 37.9 Å². The van der Waals surface area contributed by atoms with Gasteiger partial charge in [0.1, 0.15) is 29.7 Å². The molecule has 0 aromatic carbocycles. The summed E-state index contributed by atoms with van der Waals surface area (Å²) < 4.78 is 7.12. The molecule has 2 aromatic rings. The van der Waals surface area contributed by atoms with Gasteiger partial charge >= 0.3 is 0 Å². The Morgan fingerprint density at radius 3 is 2.76 bits per heavy atom. The molecular formula is C12H17N5O4. The second-order valence-electron chi connectivity index (χ2n) is 5.27. The fourth-order valence-electron chi connectivity index (χ4n) is 2.67. The summed E-state index contributed by atoms with van der Waals surface area (Å²) in [5.41, 5.74) is 5.28. The Morgan fingerprint density at radius 1 is 1.43 bits per heavy atom. The number of fused-ring (bicyclic) bond motifs is 1. The summed E-state index contributed by atoms with van der Waals surface area (Å²) in [6.07, 6.45) is -1.92. The van der Waals surface area contributed by atoms with Crippen molar-refractivity contribution in [3.63, 3.8) is 0 Å². The highest BCUT2D eigenvalue weighted by atomic mass is 16.6. The summed E-state index contributed by atoms with van der Waals surface area (Å²) >= 11 is 0. The second-order valence-corrected chi connectivity index (χ2v) is 5.27. The van der Waals surface area contributed by atoms with Crippen LogP contribution in [0.3, 0.4) is 0 Å². The molecule has 5 N–H and O–H groups in total. The monoisotopic (exact) mass is 295 g/mol. The van der Waals surface area contributed by atoms with Crippen molar-refractivity contribution in [1.29, 1.82) is 0 Å². The van der Waals surface area contributed by atoms with Gasteiger partial charge in [-0.25, -0.2) is 15.0 Å². The van der Waals surface area contributed by atoms with Crippen LogP contribution in [0.4, 0.5) is 5.82 Å². The van der Waals surface area contributed by atoms with Gasteiger partial charge in [-0.3, -0.25) is 4.57 Å². The lowest BCUT2D eigenvalue weighted by atomic mass is 10.0. The van der Waals surface area contributed by atoms with E-state index in [0.717, 1.165) is 0 Å². The lowest BCUT2D eigenvalue weighted by Crippen LogP contribution is -2.43. The molecule has 9 heteroatoms. The van der Waals surface area contributed by atoms with Crippen LogP contribution in [0.2, 0.25) is 0 Å². The molecule has 4 atom stereocenters. The first kappa shape index (κ1) is 14.1. The van der Waals surface area contributed by atoms with Gasteiger partial charge in [0.25, 0.3) is 0 Å². The number of ether oxygens (including phenoxy) is 1. The van der Waals surface area contributed by atoms with Crippen LogP contribution in [0.25, 0.3) is 11.2 Å². The largest absolute Gasteiger partial charge is 0.394 e. The fourth-order valence-corrected chi connectivity index (χ4v) is 2.67. The first-order valence-corrected chi connectivity index (χ1v) is 6.51. The molecule has 1 fully saturated rings. The summed E-state index contributed by atoms with van der Waals surface area (Å²) in [6, 6.07) is 0. The zero-order chi connectivity index (χ0) is 15.4. The number of aryl methyl sites for hydroxylation is 1. The number of anilines is 1. The third kappa shape index (κ3) is 1.89. The quantitative estimate of drug-likeness (QED) is 0.525. The maximum atomic E-state index is 10.3. The second kappa shape index (κ2) is 4.60. The van der Waals surface area contributed by atoms with Gasteiger partial charge in [-0.2, -0.15) is 0 Å². The Kier molecular flexibility index (Phi) is 3.10. The van der Waals surface area contributed by atoms with Crippen LogP contribution in [0.15, 0.2) is 6.33 Å².